The molecule has 3 N–H and O–H groups in total. The van der Waals surface area contributed by atoms with Crippen LogP contribution in [-0.4, -0.2) is 40.6 Å². The van der Waals surface area contributed by atoms with Crippen molar-refractivity contribution in [1.82, 2.24) is 20.4 Å². The van der Waals surface area contributed by atoms with E-state index >= 15 is 0 Å². The molecule has 23 heavy (non-hydrogen) atoms. The Morgan fingerprint density at radius 2 is 2.09 bits per heavy atom. The van der Waals surface area contributed by atoms with Crippen molar-refractivity contribution in [2.45, 2.75) is 36.9 Å². The zero-order valence-corrected chi connectivity index (χ0v) is 13.3. The molecule has 2 atom stereocenters. The molecule has 0 saturated carbocycles. The Balaban J connectivity index is 1.55. The van der Waals surface area contributed by atoms with E-state index in [1.165, 1.54) is 11.1 Å². The highest BCUT2D eigenvalue weighted by molar-refractivity contribution is 5.45. The molecular formula is C18H24N4O. The van der Waals surface area contributed by atoms with Crippen molar-refractivity contribution in [3.05, 3.63) is 53.9 Å². The molecule has 2 aliphatic rings. The molecule has 1 spiro atoms. The third-order valence-corrected chi connectivity index (χ3v) is 5.47. The summed E-state index contributed by atoms with van der Waals surface area (Å²) in [6, 6.07) is 10.5. The minimum Gasteiger partial charge on any atom is -0.390 e. The summed E-state index contributed by atoms with van der Waals surface area (Å²) in [7, 11) is 0. The molecule has 4 rings (SSSR count). The SMILES string of the molecule is O[C@H]1[C@H](NCCn2cccn2)c2ccccc2C12CCNCC2. The molecule has 1 aromatic carbocycles. The molecule has 0 radical (unpaired) electrons. The van der Waals surface area contributed by atoms with Gasteiger partial charge < -0.3 is 15.7 Å². The van der Waals surface area contributed by atoms with E-state index in [0.717, 1.165) is 39.0 Å². The number of nitrogens with zero attached hydrogens (tertiary/aromatic N) is 2. The normalized spacial score (nSPS) is 25.6. The molecule has 5 nitrogen and oxygen atoms in total. The number of nitrogens with one attached hydrogen (secondary N) is 2. The van der Waals surface area contributed by atoms with Crippen molar-refractivity contribution in [3.8, 4) is 0 Å². The number of aliphatic hydroxyl groups excluding tert-OH is 1. The molecule has 0 unspecified atom stereocenters. The van der Waals surface area contributed by atoms with Crippen LogP contribution < -0.4 is 10.6 Å². The van der Waals surface area contributed by atoms with Crippen LogP contribution in [0.4, 0.5) is 0 Å². The molecule has 0 bridgehead atoms. The molecule has 1 fully saturated rings. The van der Waals surface area contributed by atoms with Gasteiger partial charge in [-0.15, -0.1) is 0 Å². The van der Waals surface area contributed by atoms with Gasteiger partial charge in [0.15, 0.2) is 0 Å². The van der Waals surface area contributed by atoms with Gasteiger partial charge >= 0.3 is 0 Å². The monoisotopic (exact) mass is 312 g/mol. The highest BCUT2D eigenvalue weighted by Crippen LogP contribution is 2.49. The number of piperidine rings is 1. The maximum atomic E-state index is 11.1. The summed E-state index contributed by atoms with van der Waals surface area (Å²) in [4.78, 5) is 0. The van der Waals surface area contributed by atoms with Crippen LogP contribution in [0, 0.1) is 0 Å². The van der Waals surface area contributed by atoms with Crippen LogP contribution in [-0.2, 0) is 12.0 Å². The largest absolute Gasteiger partial charge is 0.390 e. The lowest BCUT2D eigenvalue weighted by Crippen LogP contribution is -2.48. The van der Waals surface area contributed by atoms with Gasteiger partial charge in [0.25, 0.3) is 0 Å². The predicted molar refractivity (Wildman–Crippen MR) is 89.2 cm³/mol. The lowest BCUT2D eigenvalue weighted by molar-refractivity contribution is 0.0441. The van der Waals surface area contributed by atoms with Crippen molar-refractivity contribution in [1.29, 1.82) is 0 Å². The molecule has 0 amide bonds. The van der Waals surface area contributed by atoms with E-state index in [9.17, 15) is 5.11 Å². The first-order valence-electron chi connectivity index (χ1n) is 8.50. The zero-order valence-electron chi connectivity index (χ0n) is 13.3. The van der Waals surface area contributed by atoms with Gasteiger partial charge in [-0.2, -0.15) is 5.10 Å². The molecular weight excluding hydrogens is 288 g/mol. The summed E-state index contributed by atoms with van der Waals surface area (Å²) in [6.45, 7) is 3.57. The summed E-state index contributed by atoms with van der Waals surface area (Å²) in [6.07, 6.45) is 5.41. The van der Waals surface area contributed by atoms with Crippen molar-refractivity contribution < 1.29 is 5.11 Å². The van der Waals surface area contributed by atoms with Crippen molar-refractivity contribution >= 4 is 0 Å². The van der Waals surface area contributed by atoms with Gasteiger partial charge in [0, 0.05) is 24.4 Å². The summed E-state index contributed by atoms with van der Waals surface area (Å²) < 4.78 is 1.92. The first-order chi connectivity index (χ1) is 11.3. The Morgan fingerprint density at radius 1 is 1.26 bits per heavy atom. The summed E-state index contributed by atoms with van der Waals surface area (Å²) >= 11 is 0. The summed E-state index contributed by atoms with van der Waals surface area (Å²) in [5, 5.41) is 22.3. The average Bonchev–Trinajstić information content (AvgIpc) is 3.18. The van der Waals surface area contributed by atoms with E-state index in [0.29, 0.717) is 0 Å². The van der Waals surface area contributed by atoms with Crippen LogP contribution in [0.25, 0.3) is 0 Å². The van der Waals surface area contributed by atoms with Crippen molar-refractivity contribution in [3.63, 3.8) is 0 Å². The molecule has 1 aliphatic heterocycles. The molecule has 122 valence electrons. The second-order valence-corrected chi connectivity index (χ2v) is 6.64. The minimum atomic E-state index is -0.361. The van der Waals surface area contributed by atoms with E-state index < -0.39 is 0 Å². The standard InChI is InChI=1S/C18H24N4O/c23-17-16(20-11-13-22-12-3-8-21-22)14-4-1-2-5-15(14)18(17)6-9-19-10-7-18/h1-5,8,12,16-17,19-20,23H,6-7,9-11,13H2/t16-,17+/m1/s1. The Morgan fingerprint density at radius 3 is 2.87 bits per heavy atom. The first-order valence-corrected chi connectivity index (χ1v) is 8.50. The fraction of sp³-hybridized carbons (Fsp3) is 0.500. The van der Waals surface area contributed by atoms with Gasteiger partial charge in [-0.05, 0) is 43.1 Å². The van der Waals surface area contributed by atoms with Crippen molar-refractivity contribution in [2.75, 3.05) is 19.6 Å². The average molecular weight is 312 g/mol. The Labute approximate surface area is 136 Å². The number of hydrogen-bond donors (Lipinski definition) is 3. The van der Waals surface area contributed by atoms with Crippen LogP contribution in [0.1, 0.15) is 30.0 Å². The highest BCUT2D eigenvalue weighted by atomic mass is 16.3. The Hall–Kier alpha value is -1.69. The fourth-order valence-corrected chi connectivity index (χ4v) is 4.30. The Bertz CT molecular complexity index is 649. The van der Waals surface area contributed by atoms with Crippen LogP contribution in [0.5, 0.6) is 0 Å². The van der Waals surface area contributed by atoms with E-state index in [1.54, 1.807) is 6.20 Å². The van der Waals surface area contributed by atoms with E-state index in [2.05, 4.69) is 40.0 Å². The molecule has 1 aromatic heterocycles. The number of hydrogen-bond acceptors (Lipinski definition) is 4. The third kappa shape index (κ3) is 2.49. The number of rotatable bonds is 4. The van der Waals surface area contributed by atoms with Gasteiger partial charge in [-0.3, -0.25) is 4.68 Å². The molecule has 1 saturated heterocycles. The van der Waals surface area contributed by atoms with Crippen molar-refractivity contribution in [2.24, 2.45) is 0 Å². The van der Waals surface area contributed by atoms with Gasteiger partial charge in [-0.1, -0.05) is 24.3 Å². The zero-order chi connectivity index (χ0) is 15.7. The lowest BCUT2D eigenvalue weighted by atomic mass is 9.72. The van der Waals surface area contributed by atoms with Gasteiger partial charge in [0.1, 0.15) is 0 Å². The molecule has 2 heterocycles. The number of fused-ring (bicyclic) bond motifs is 2. The summed E-state index contributed by atoms with van der Waals surface area (Å²) in [5.74, 6) is 0. The summed E-state index contributed by atoms with van der Waals surface area (Å²) in [5.41, 5.74) is 2.51. The first kappa shape index (κ1) is 14.9. The Kier molecular flexibility index (Phi) is 3.93. The predicted octanol–water partition coefficient (Wildman–Crippen LogP) is 1.21. The van der Waals surface area contributed by atoms with Gasteiger partial charge in [-0.25, -0.2) is 0 Å². The third-order valence-electron chi connectivity index (χ3n) is 5.47. The second-order valence-electron chi connectivity index (χ2n) is 6.64. The second kappa shape index (κ2) is 6.07. The highest BCUT2D eigenvalue weighted by Gasteiger charge is 2.51. The minimum absolute atomic E-state index is 0.0138. The smallest absolute Gasteiger partial charge is 0.0832 e. The fourth-order valence-electron chi connectivity index (χ4n) is 4.30. The van der Waals surface area contributed by atoms with Crippen LogP contribution in [0.2, 0.25) is 0 Å². The number of benzene rings is 1. The molecule has 2 aromatic rings. The van der Waals surface area contributed by atoms with E-state index in [-0.39, 0.29) is 17.6 Å². The number of aromatic nitrogens is 2. The van der Waals surface area contributed by atoms with E-state index in [4.69, 9.17) is 0 Å². The topological polar surface area (TPSA) is 62.1 Å². The molecule has 1 aliphatic carbocycles. The quantitative estimate of drug-likeness (QED) is 0.794. The maximum Gasteiger partial charge on any atom is 0.0832 e. The van der Waals surface area contributed by atoms with Crippen LogP contribution >= 0.6 is 0 Å². The lowest BCUT2D eigenvalue weighted by Gasteiger charge is -2.39. The number of aliphatic hydroxyl groups is 1. The molecule has 5 heteroatoms. The van der Waals surface area contributed by atoms with Gasteiger partial charge in [0.2, 0.25) is 0 Å². The van der Waals surface area contributed by atoms with Crippen LogP contribution in [0.15, 0.2) is 42.7 Å². The maximum absolute atomic E-state index is 11.1. The van der Waals surface area contributed by atoms with Crippen LogP contribution in [0.3, 0.4) is 0 Å². The van der Waals surface area contributed by atoms with E-state index in [1.807, 2.05) is 16.9 Å². The van der Waals surface area contributed by atoms with Gasteiger partial charge in [0.05, 0.1) is 18.7 Å².